The number of nitrogens with zero attached hydrogens (tertiary/aromatic N) is 1. The Morgan fingerprint density at radius 3 is 2.33 bits per heavy atom. The number of rotatable bonds is 0. The maximum Gasteiger partial charge on any atom is 0.419 e. The number of carbonyl (C=O) groups excluding carboxylic acids is 1. The zero-order valence-corrected chi connectivity index (χ0v) is 7.82. The van der Waals surface area contributed by atoms with Crippen LogP contribution < -0.4 is 0 Å². The van der Waals surface area contributed by atoms with Crippen molar-refractivity contribution in [1.29, 1.82) is 5.53 Å². The van der Waals surface area contributed by atoms with Crippen LogP contribution in [0, 0.1) is 5.53 Å². The van der Waals surface area contributed by atoms with E-state index in [0.29, 0.717) is 5.56 Å². The Labute approximate surface area is 85.6 Å². The second-order valence-electron chi connectivity index (χ2n) is 3.50. The van der Waals surface area contributed by atoms with E-state index < -0.39 is 0 Å². The van der Waals surface area contributed by atoms with Gasteiger partial charge in [-0.05, 0) is 11.5 Å². The van der Waals surface area contributed by atoms with Gasteiger partial charge in [-0.2, -0.15) is 0 Å². The number of carbonyl (C=O) groups is 1. The van der Waals surface area contributed by atoms with Crippen LogP contribution in [0.1, 0.15) is 15.9 Å². The molecular formula is C12H7N2O+. The highest BCUT2D eigenvalue weighted by atomic mass is 16.1. The van der Waals surface area contributed by atoms with Gasteiger partial charge in [-0.1, -0.05) is 30.3 Å². The van der Waals surface area contributed by atoms with E-state index in [4.69, 9.17) is 5.53 Å². The zero-order chi connectivity index (χ0) is 10.4. The number of hydrogen-bond acceptors (Lipinski definition) is 2. The molecular weight excluding hydrogens is 188 g/mol. The van der Waals surface area contributed by atoms with E-state index in [1.807, 2.05) is 30.3 Å². The summed E-state index contributed by atoms with van der Waals surface area (Å²) in [5, 5.41) is 1.95. The standard InChI is InChI=1S/C12H7N2O/c13-14-11-8-5-1-3-7-4-2-6-9(10(7)8)12(11)15/h1-6,13H/q+1. The summed E-state index contributed by atoms with van der Waals surface area (Å²) in [6.07, 6.45) is 0. The van der Waals surface area contributed by atoms with Crippen LogP contribution in [-0.2, 0) is 0 Å². The number of Topliss-reactive ketones (excluding diaryl/α,β-unsaturated/α-hetero) is 1. The summed E-state index contributed by atoms with van der Waals surface area (Å²) in [5.74, 6) is -0.142. The first-order valence-electron chi connectivity index (χ1n) is 4.64. The lowest BCUT2D eigenvalue weighted by molar-refractivity contribution is -0.117. The molecule has 15 heavy (non-hydrogen) atoms. The van der Waals surface area contributed by atoms with Crippen molar-refractivity contribution in [3.8, 4) is 0 Å². The van der Waals surface area contributed by atoms with Crippen molar-refractivity contribution < 1.29 is 9.58 Å². The predicted molar refractivity (Wildman–Crippen MR) is 55.4 cm³/mol. The molecule has 0 fully saturated rings. The number of ketones is 1. The number of nitrogens with one attached hydrogen (secondary N) is 1. The van der Waals surface area contributed by atoms with Crippen molar-refractivity contribution in [3.63, 3.8) is 0 Å². The summed E-state index contributed by atoms with van der Waals surface area (Å²) in [6, 6.07) is 11.3. The summed E-state index contributed by atoms with van der Waals surface area (Å²) in [5.41, 5.74) is 8.73. The summed E-state index contributed by atoms with van der Waals surface area (Å²) >= 11 is 0. The molecule has 0 heterocycles. The lowest BCUT2D eigenvalue weighted by Gasteiger charge is -1.96. The molecule has 1 aliphatic rings. The van der Waals surface area contributed by atoms with Gasteiger partial charge < -0.3 is 0 Å². The molecule has 2 aromatic rings. The van der Waals surface area contributed by atoms with Crippen molar-refractivity contribution in [2.75, 3.05) is 0 Å². The fourth-order valence-corrected chi connectivity index (χ4v) is 2.09. The minimum Gasteiger partial charge on any atom is -0.280 e. The van der Waals surface area contributed by atoms with Crippen LogP contribution in [0.5, 0.6) is 0 Å². The van der Waals surface area contributed by atoms with Crippen molar-refractivity contribution in [2.24, 2.45) is 0 Å². The Balaban J connectivity index is 2.62. The molecule has 0 bridgehead atoms. The van der Waals surface area contributed by atoms with Gasteiger partial charge in [0.1, 0.15) is 0 Å². The van der Waals surface area contributed by atoms with Gasteiger partial charge in [0.05, 0.1) is 15.9 Å². The molecule has 0 saturated heterocycles. The van der Waals surface area contributed by atoms with Crippen LogP contribution in [0.4, 0.5) is 0 Å². The highest BCUT2D eigenvalue weighted by Crippen LogP contribution is 2.29. The third kappa shape index (κ3) is 0.874. The molecule has 0 aromatic heterocycles. The minimum atomic E-state index is -0.142. The third-order valence-corrected chi connectivity index (χ3v) is 2.73. The first-order chi connectivity index (χ1) is 7.33. The second-order valence-corrected chi connectivity index (χ2v) is 3.50. The molecule has 3 rings (SSSR count). The van der Waals surface area contributed by atoms with Gasteiger partial charge in [-0.3, -0.25) is 4.79 Å². The molecule has 1 aliphatic carbocycles. The van der Waals surface area contributed by atoms with Crippen LogP contribution in [0.3, 0.4) is 0 Å². The van der Waals surface area contributed by atoms with Gasteiger partial charge in [-0.15, -0.1) is 0 Å². The van der Waals surface area contributed by atoms with Gasteiger partial charge in [0, 0.05) is 10.9 Å². The monoisotopic (exact) mass is 195 g/mol. The Kier molecular flexibility index (Phi) is 1.42. The third-order valence-electron chi connectivity index (χ3n) is 2.73. The fourth-order valence-electron chi connectivity index (χ4n) is 2.09. The molecule has 3 heteroatoms. The molecule has 0 spiro atoms. The topological polar surface area (TPSA) is 55.0 Å². The molecule has 0 amide bonds. The van der Waals surface area contributed by atoms with E-state index >= 15 is 0 Å². The normalized spacial score (nSPS) is 13.3. The molecule has 70 valence electrons. The van der Waals surface area contributed by atoms with E-state index in [2.05, 4.69) is 4.79 Å². The van der Waals surface area contributed by atoms with Gasteiger partial charge in [0.25, 0.3) is 5.78 Å². The summed E-state index contributed by atoms with van der Waals surface area (Å²) in [7, 11) is 0. The molecule has 0 saturated carbocycles. The van der Waals surface area contributed by atoms with Gasteiger partial charge in [-0.25, -0.2) is 0 Å². The average Bonchev–Trinajstić information content (AvgIpc) is 2.55. The minimum absolute atomic E-state index is 0.142. The predicted octanol–water partition coefficient (Wildman–Crippen LogP) is 2.06. The lowest BCUT2D eigenvalue weighted by atomic mass is 10.1. The van der Waals surface area contributed by atoms with Crippen LogP contribution in [0.15, 0.2) is 36.4 Å². The first kappa shape index (κ1) is 8.09. The number of benzene rings is 2. The molecule has 2 aromatic carbocycles. The Morgan fingerprint density at radius 2 is 1.67 bits per heavy atom. The van der Waals surface area contributed by atoms with Crippen LogP contribution in [0.2, 0.25) is 0 Å². The van der Waals surface area contributed by atoms with E-state index in [-0.39, 0.29) is 11.5 Å². The lowest BCUT2D eigenvalue weighted by Crippen LogP contribution is -2.09. The molecule has 3 nitrogen and oxygen atoms in total. The van der Waals surface area contributed by atoms with Crippen molar-refractivity contribution in [3.05, 3.63) is 47.5 Å². The fraction of sp³-hybridized carbons (Fsp3) is 0. The van der Waals surface area contributed by atoms with Crippen molar-refractivity contribution >= 4 is 22.3 Å². The summed E-state index contributed by atoms with van der Waals surface area (Å²) < 4.78 is 0. The molecule has 0 atom stereocenters. The Morgan fingerprint density at radius 1 is 1.00 bits per heavy atom. The second kappa shape index (κ2) is 2.62. The highest BCUT2D eigenvalue weighted by Gasteiger charge is 2.37. The van der Waals surface area contributed by atoms with Crippen LogP contribution >= 0.6 is 0 Å². The maximum absolute atomic E-state index is 11.9. The van der Waals surface area contributed by atoms with Gasteiger partial charge >= 0.3 is 5.71 Å². The largest absolute Gasteiger partial charge is 0.419 e. The zero-order valence-electron chi connectivity index (χ0n) is 7.82. The maximum atomic E-state index is 11.9. The van der Waals surface area contributed by atoms with E-state index in [0.717, 1.165) is 16.3 Å². The van der Waals surface area contributed by atoms with Gasteiger partial charge in [0.2, 0.25) is 0 Å². The quantitative estimate of drug-likeness (QED) is 0.507. The van der Waals surface area contributed by atoms with Gasteiger partial charge in [0.15, 0.2) is 0 Å². The van der Waals surface area contributed by atoms with Crippen LogP contribution in [0.25, 0.3) is 10.8 Å². The summed E-state index contributed by atoms with van der Waals surface area (Å²) in [4.78, 5) is 15.2. The molecule has 0 unspecified atom stereocenters. The van der Waals surface area contributed by atoms with Crippen molar-refractivity contribution in [1.82, 2.24) is 0 Å². The molecule has 1 N–H and O–H groups in total. The van der Waals surface area contributed by atoms with Crippen LogP contribution in [-0.4, -0.2) is 16.3 Å². The average molecular weight is 195 g/mol. The number of hydrogen-bond donors (Lipinski definition) is 1. The smallest absolute Gasteiger partial charge is 0.280 e. The summed E-state index contributed by atoms with van der Waals surface area (Å²) in [6.45, 7) is 0. The molecule has 0 aliphatic heterocycles. The van der Waals surface area contributed by atoms with E-state index in [9.17, 15) is 4.79 Å². The van der Waals surface area contributed by atoms with E-state index in [1.54, 1.807) is 6.07 Å². The first-order valence-corrected chi connectivity index (χ1v) is 4.64. The SMILES string of the molecule is N=[N+]=C1C(=O)c2cccc3cccc1c23. The van der Waals surface area contributed by atoms with Crippen molar-refractivity contribution in [2.45, 2.75) is 0 Å². The molecule has 0 radical (unpaired) electrons. The van der Waals surface area contributed by atoms with E-state index in [1.165, 1.54) is 0 Å². The highest BCUT2D eigenvalue weighted by molar-refractivity contribution is 6.57. The Hall–Kier alpha value is -2.25. The Bertz CT molecular complexity index is 646.